The number of benzene rings is 1. The lowest BCUT2D eigenvalue weighted by Gasteiger charge is -2.18. The van der Waals surface area contributed by atoms with Crippen LogP contribution in [0.5, 0.6) is 0 Å². The lowest BCUT2D eigenvalue weighted by Crippen LogP contribution is -2.29. The predicted octanol–water partition coefficient (Wildman–Crippen LogP) is 2.01. The first-order chi connectivity index (χ1) is 9.67. The maximum atomic E-state index is 13.3. The third-order valence-corrected chi connectivity index (χ3v) is 2.82. The van der Waals surface area contributed by atoms with Crippen LogP contribution in [0.25, 0.3) is 11.4 Å². The van der Waals surface area contributed by atoms with Crippen LogP contribution >= 0.6 is 0 Å². The fourth-order valence-electron chi connectivity index (χ4n) is 1.93. The minimum absolute atomic E-state index is 0.195. The largest absolute Gasteiger partial charge is 0.389 e. The highest BCUT2D eigenvalue weighted by atomic mass is 19.2. The number of hydrogen-bond donors (Lipinski definition) is 2. The predicted molar refractivity (Wildman–Crippen MR) is 74.3 cm³/mol. The first-order valence-electron chi connectivity index (χ1n) is 6.55. The third-order valence-electron chi connectivity index (χ3n) is 2.82. The molecule has 0 unspecified atom stereocenters. The quantitative estimate of drug-likeness (QED) is 0.905. The van der Waals surface area contributed by atoms with E-state index < -0.39 is 23.3 Å². The number of halogens is 2. The summed E-state index contributed by atoms with van der Waals surface area (Å²) in [4.78, 5) is 4.26. The van der Waals surface area contributed by atoms with Crippen LogP contribution in [0, 0.1) is 11.6 Å². The van der Waals surface area contributed by atoms with E-state index in [1.54, 1.807) is 20.8 Å². The van der Waals surface area contributed by atoms with E-state index in [0.29, 0.717) is 11.4 Å². The van der Waals surface area contributed by atoms with Crippen molar-refractivity contribution in [3.8, 4) is 11.4 Å². The number of nitrogens with two attached hydrogens (primary N) is 1. The smallest absolute Gasteiger partial charge is 0.181 e. The van der Waals surface area contributed by atoms with Crippen molar-refractivity contribution in [2.24, 2.45) is 5.73 Å². The van der Waals surface area contributed by atoms with Crippen molar-refractivity contribution >= 4 is 0 Å². The molecular formula is C14H18F2N4O. The molecule has 7 heteroatoms. The summed E-state index contributed by atoms with van der Waals surface area (Å²) in [7, 11) is 0. The van der Waals surface area contributed by atoms with Crippen molar-refractivity contribution < 1.29 is 13.9 Å². The standard InChI is InChI=1S/C14H18F2N4O/c1-8(17)13-18-12(19-20(13)7-14(2,3)21)9-4-5-10(15)11(16)6-9/h4-6,8,21H,7,17H2,1-3H3/t8-/m1/s1. The van der Waals surface area contributed by atoms with E-state index in [9.17, 15) is 13.9 Å². The molecule has 1 heterocycles. The SMILES string of the molecule is C[C@@H](N)c1nc(-c2ccc(F)c(F)c2)nn1CC(C)(C)O. The highest BCUT2D eigenvalue weighted by molar-refractivity contribution is 5.54. The van der Waals surface area contributed by atoms with Crippen LogP contribution < -0.4 is 5.73 Å². The van der Waals surface area contributed by atoms with Crippen molar-refractivity contribution in [1.29, 1.82) is 0 Å². The van der Waals surface area contributed by atoms with Crippen LogP contribution in [-0.2, 0) is 6.54 Å². The van der Waals surface area contributed by atoms with Crippen LogP contribution in [0.3, 0.4) is 0 Å². The molecule has 0 aliphatic heterocycles. The minimum atomic E-state index is -0.997. The number of aliphatic hydroxyl groups is 1. The molecular weight excluding hydrogens is 278 g/mol. The van der Waals surface area contributed by atoms with Gasteiger partial charge in [-0.1, -0.05) is 0 Å². The Morgan fingerprint density at radius 1 is 1.33 bits per heavy atom. The Morgan fingerprint density at radius 2 is 2.00 bits per heavy atom. The summed E-state index contributed by atoms with van der Waals surface area (Å²) < 4.78 is 27.8. The van der Waals surface area contributed by atoms with Crippen molar-refractivity contribution in [2.45, 2.75) is 39.0 Å². The fourth-order valence-corrected chi connectivity index (χ4v) is 1.93. The van der Waals surface area contributed by atoms with Crippen molar-refractivity contribution in [3.63, 3.8) is 0 Å². The van der Waals surface area contributed by atoms with Gasteiger partial charge in [0, 0.05) is 5.56 Å². The zero-order valence-electron chi connectivity index (χ0n) is 12.1. The second-order valence-electron chi connectivity index (χ2n) is 5.68. The third kappa shape index (κ3) is 3.62. The van der Waals surface area contributed by atoms with Crippen molar-refractivity contribution in [1.82, 2.24) is 14.8 Å². The molecule has 1 atom stereocenters. The minimum Gasteiger partial charge on any atom is -0.389 e. The van der Waals surface area contributed by atoms with E-state index in [1.807, 2.05) is 0 Å². The molecule has 0 aliphatic rings. The van der Waals surface area contributed by atoms with Gasteiger partial charge >= 0.3 is 0 Å². The van der Waals surface area contributed by atoms with E-state index >= 15 is 0 Å². The lowest BCUT2D eigenvalue weighted by atomic mass is 10.1. The summed E-state index contributed by atoms with van der Waals surface area (Å²) in [6.07, 6.45) is 0. The molecule has 21 heavy (non-hydrogen) atoms. The number of rotatable bonds is 4. The topological polar surface area (TPSA) is 77.0 Å². The maximum Gasteiger partial charge on any atom is 0.181 e. The fraction of sp³-hybridized carbons (Fsp3) is 0.429. The van der Waals surface area contributed by atoms with E-state index in [-0.39, 0.29) is 12.4 Å². The Hall–Kier alpha value is -1.86. The van der Waals surface area contributed by atoms with Gasteiger partial charge in [-0.2, -0.15) is 5.10 Å². The van der Waals surface area contributed by atoms with Crippen molar-refractivity contribution in [3.05, 3.63) is 35.7 Å². The van der Waals surface area contributed by atoms with Gasteiger partial charge in [-0.15, -0.1) is 0 Å². The summed E-state index contributed by atoms with van der Waals surface area (Å²) in [5, 5.41) is 14.1. The van der Waals surface area contributed by atoms with E-state index in [0.717, 1.165) is 12.1 Å². The van der Waals surface area contributed by atoms with Crippen molar-refractivity contribution in [2.75, 3.05) is 0 Å². The Bertz CT molecular complexity index is 647. The zero-order chi connectivity index (χ0) is 15.8. The highest BCUT2D eigenvalue weighted by Crippen LogP contribution is 2.21. The Balaban J connectivity index is 2.45. The van der Waals surface area contributed by atoms with Gasteiger partial charge in [0.25, 0.3) is 0 Å². The molecule has 0 spiro atoms. The van der Waals surface area contributed by atoms with Crippen LogP contribution in [-0.4, -0.2) is 25.5 Å². The molecule has 0 saturated carbocycles. The second-order valence-corrected chi connectivity index (χ2v) is 5.68. The monoisotopic (exact) mass is 296 g/mol. The van der Waals surface area contributed by atoms with Crippen LogP contribution in [0.1, 0.15) is 32.6 Å². The molecule has 0 bridgehead atoms. The number of nitrogens with zero attached hydrogens (tertiary/aromatic N) is 3. The molecule has 0 fully saturated rings. The van der Waals surface area contributed by atoms with Crippen LogP contribution in [0.4, 0.5) is 8.78 Å². The van der Waals surface area contributed by atoms with Gasteiger partial charge in [-0.25, -0.2) is 18.4 Å². The van der Waals surface area contributed by atoms with E-state index in [1.165, 1.54) is 10.7 Å². The molecule has 0 saturated heterocycles. The highest BCUT2D eigenvalue weighted by Gasteiger charge is 2.21. The number of aromatic nitrogens is 3. The second kappa shape index (κ2) is 5.50. The molecule has 2 rings (SSSR count). The Kier molecular flexibility index (Phi) is 4.06. The average Bonchev–Trinajstić information content (AvgIpc) is 2.74. The van der Waals surface area contributed by atoms with E-state index in [2.05, 4.69) is 10.1 Å². The van der Waals surface area contributed by atoms with Crippen LogP contribution in [0.2, 0.25) is 0 Å². The molecule has 114 valence electrons. The van der Waals surface area contributed by atoms with Gasteiger partial charge in [-0.3, -0.25) is 0 Å². The maximum absolute atomic E-state index is 13.3. The molecule has 5 nitrogen and oxygen atoms in total. The van der Waals surface area contributed by atoms with Gasteiger partial charge in [0.05, 0.1) is 18.2 Å². The molecule has 1 aromatic carbocycles. The van der Waals surface area contributed by atoms with E-state index in [4.69, 9.17) is 5.73 Å². The molecule has 2 aromatic rings. The van der Waals surface area contributed by atoms with Gasteiger partial charge in [0.2, 0.25) is 0 Å². The Morgan fingerprint density at radius 3 is 2.52 bits per heavy atom. The summed E-state index contributed by atoms with van der Waals surface area (Å²) in [6.45, 7) is 5.20. The molecule has 3 N–H and O–H groups in total. The first kappa shape index (κ1) is 15.5. The Labute approximate surface area is 121 Å². The summed E-state index contributed by atoms with van der Waals surface area (Å²) >= 11 is 0. The normalized spacial score (nSPS) is 13.5. The van der Waals surface area contributed by atoms with Gasteiger partial charge in [0.1, 0.15) is 5.82 Å². The van der Waals surface area contributed by atoms with Gasteiger partial charge in [-0.05, 0) is 39.0 Å². The van der Waals surface area contributed by atoms with Crippen LogP contribution in [0.15, 0.2) is 18.2 Å². The first-order valence-corrected chi connectivity index (χ1v) is 6.55. The zero-order valence-corrected chi connectivity index (χ0v) is 12.1. The van der Waals surface area contributed by atoms with Gasteiger partial charge < -0.3 is 10.8 Å². The lowest BCUT2D eigenvalue weighted by molar-refractivity contribution is 0.0564. The molecule has 1 aromatic heterocycles. The van der Waals surface area contributed by atoms with Gasteiger partial charge in [0.15, 0.2) is 17.5 Å². The molecule has 0 aliphatic carbocycles. The summed E-state index contributed by atoms with van der Waals surface area (Å²) in [6, 6.07) is 3.04. The molecule has 0 radical (unpaired) electrons. The summed E-state index contributed by atoms with van der Waals surface area (Å²) in [5.74, 6) is -1.18. The summed E-state index contributed by atoms with van der Waals surface area (Å²) in [5.41, 5.74) is 5.19. The average molecular weight is 296 g/mol. The molecule has 0 amide bonds. The number of hydrogen-bond acceptors (Lipinski definition) is 4.